The van der Waals surface area contributed by atoms with Gasteiger partial charge in [0.15, 0.2) is 6.71 Å². The van der Waals surface area contributed by atoms with Gasteiger partial charge in [0, 0.05) is 6.54 Å². The average Bonchev–Trinajstić information content (AvgIpc) is 3.04. The number of aromatic nitrogens is 3. The predicted octanol–water partition coefficient (Wildman–Crippen LogP) is 1.06. The highest BCUT2D eigenvalue weighted by Crippen LogP contribution is 2.16. The molecule has 0 spiro atoms. The molecule has 0 fully saturated rings. The van der Waals surface area contributed by atoms with Gasteiger partial charge in [-0.2, -0.15) is 5.10 Å². The second-order valence-corrected chi connectivity index (χ2v) is 5.71. The van der Waals surface area contributed by atoms with Crippen LogP contribution in [0.1, 0.15) is 17.5 Å². The largest absolute Gasteiger partial charge is 0.320 e. The van der Waals surface area contributed by atoms with Gasteiger partial charge in [0.05, 0.1) is 0 Å². The Morgan fingerprint density at radius 2 is 2.35 bits per heavy atom. The molecule has 3 rings (SSSR count). The maximum atomic E-state index is 4.12. The molecule has 0 bridgehead atoms. The normalized spacial score (nSPS) is 17.5. The van der Waals surface area contributed by atoms with Gasteiger partial charge in [-0.3, -0.25) is 4.68 Å². The van der Waals surface area contributed by atoms with Crippen LogP contribution in [0.15, 0.2) is 30.9 Å². The van der Waals surface area contributed by atoms with Gasteiger partial charge >= 0.3 is 0 Å². The standard InChI is InChI=1S/C15H21BN4/c1-12-5-3-6-13-9-14(16(2)15(12)13)18-7-4-8-20-11-17-10-19-20/h3,5-6,10-11,14,18H,4,7-9H2,1-2H3. The number of rotatable bonds is 5. The van der Waals surface area contributed by atoms with E-state index in [1.54, 1.807) is 18.1 Å². The highest BCUT2D eigenvalue weighted by molar-refractivity contribution is 6.75. The number of aryl methyl sites for hydroxylation is 2. The van der Waals surface area contributed by atoms with E-state index in [9.17, 15) is 0 Å². The van der Waals surface area contributed by atoms with Gasteiger partial charge in [0.25, 0.3) is 0 Å². The molecule has 1 N–H and O–H groups in total. The summed E-state index contributed by atoms with van der Waals surface area (Å²) in [5.74, 6) is 0.571. The fraction of sp³-hybridized carbons (Fsp3) is 0.467. The van der Waals surface area contributed by atoms with E-state index in [1.807, 2.05) is 4.68 Å². The summed E-state index contributed by atoms with van der Waals surface area (Å²) in [4.78, 5) is 3.96. The van der Waals surface area contributed by atoms with Crippen LogP contribution in [0.5, 0.6) is 0 Å². The third kappa shape index (κ3) is 2.63. The summed E-state index contributed by atoms with van der Waals surface area (Å²) in [6.07, 6.45) is 5.60. The Labute approximate surface area is 120 Å². The number of nitrogens with one attached hydrogen (secondary N) is 1. The molecule has 1 atom stereocenters. The SMILES string of the molecule is CB1c2c(C)cccc2CC1NCCCn1cncn1. The summed E-state index contributed by atoms with van der Waals surface area (Å²) < 4.78 is 1.89. The highest BCUT2D eigenvalue weighted by atomic mass is 15.3. The first-order chi connectivity index (χ1) is 9.75. The van der Waals surface area contributed by atoms with E-state index in [0.717, 1.165) is 25.9 Å². The molecule has 1 aliphatic rings. The lowest BCUT2D eigenvalue weighted by Crippen LogP contribution is -2.45. The Bertz CT molecular complexity index is 567. The zero-order valence-electron chi connectivity index (χ0n) is 12.2. The van der Waals surface area contributed by atoms with Crippen molar-refractivity contribution < 1.29 is 0 Å². The summed E-state index contributed by atoms with van der Waals surface area (Å²) >= 11 is 0. The highest BCUT2D eigenvalue weighted by Gasteiger charge is 2.32. The second kappa shape index (κ2) is 5.79. The molecule has 2 aromatic rings. The fourth-order valence-electron chi connectivity index (χ4n) is 3.31. The monoisotopic (exact) mass is 268 g/mol. The quantitative estimate of drug-likeness (QED) is 0.651. The molecule has 1 aromatic carbocycles. The third-order valence-corrected chi connectivity index (χ3v) is 4.35. The van der Waals surface area contributed by atoms with Crippen molar-refractivity contribution in [2.24, 2.45) is 0 Å². The maximum absolute atomic E-state index is 4.12. The van der Waals surface area contributed by atoms with Crippen LogP contribution in [0.4, 0.5) is 0 Å². The smallest absolute Gasteiger partial charge is 0.192 e. The third-order valence-electron chi connectivity index (χ3n) is 4.35. The van der Waals surface area contributed by atoms with Crippen molar-refractivity contribution >= 4 is 12.2 Å². The minimum Gasteiger partial charge on any atom is -0.320 e. The minimum absolute atomic E-state index is 0.571. The van der Waals surface area contributed by atoms with Crippen molar-refractivity contribution in [3.05, 3.63) is 42.0 Å². The molecule has 4 nitrogen and oxygen atoms in total. The van der Waals surface area contributed by atoms with Crippen LogP contribution in [0, 0.1) is 6.92 Å². The van der Waals surface area contributed by atoms with E-state index in [1.165, 1.54) is 11.1 Å². The van der Waals surface area contributed by atoms with E-state index < -0.39 is 0 Å². The maximum Gasteiger partial charge on any atom is 0.192 e. The molecule has 0 saturated carbocycles. The van der Waals surface area contributed by atoms with Crippen molar-refractivity contribution in [1.29, 1.82) is 0 Å². The van der Waals surface area contributed by atoms with Gasteiger partial charge in [0.1, 0.15) is 12.7 Å². The number of fused-ring (bicyclic) bond motifs is 1. The zero-order chi connectivity index (χ0) is 13.9. The molecular weight excluding hydrogens is 247 g/mol. The van der Waals surface area contributed by atoms with E-state index in [0.29, 0.717) is 12.7 Å². The van der Waals surface area contributed by atoms with Gasteiger partial charge in [0.2, 0.25) is 0 Å². The first-order valence-electron chi connectivity index (χ1n) is 7.40. The molecule has 5 heteroatoms. The van der Waals surface area contributed by atoms with Crippen LogP contribution in [-0.2, 0) is 13.0 Å². The predicted molar refractivity (Wildman–Crippen MR) is 82.6 cm³/mol. The molecule has 0 saturated heterocycles. The Balaban J connectivity index is 1.52. The number of nitrogens with zero attached hydrogens (tertiary/aromatic N) is 3. The van der Waals surface area contributed by atoms with E-state index in [4.69, 9.17) is 0 Å². The Morgan fingerprint density at radius 1 is 1.45 bits per heavy atom. The van der Waals surface area contributed by atoms with Crippen molar-refractivity contribution in [3.63, 3.8) is 0 Å². The summed E-state index contributed by atoms with van der Waals surface area (Å²) in [5, 5.41) is 7.83. The van der Waals surface area contributed by atoms with Gasteiger partial charge in [-0.05, 0) is 32.3 Å². The van der Waals surface area contributed by atoms with Crippen LogP contribution in [0.25, 0.3) is 0 Å². The lowest BCUT2D eigenvalue weighted by atomic mass is 9.44. The molecular formula is C15H21BN4. The Morgan fingerprint density at radius 3 is 3.10 bits per heavy atom. The van der Waals surface area contributed by atoms with Crippen molar-refractivity contribution in [3.8, 4) is 0 Å². The molecule has 0 aliphatic carbocycles. The molecule has 20 heavy (non-hydrogen) atoms. The fourth-order valence-corrected chi connectivity index (χ4v) is 3.31. The van der Waals surface area contributed by atoms with Gasteiger partial charge < -0.3 is 5.32 Å². The molecule has 1 aliphatic heterocycles. The Hall–Kier alpha value is -1.62. The van der Waals surface area contributed by atoms with E-state index in [2.05, 4.69) is 47.3 Å². The van der Waals surface area contributed by atoms with Crippen molar-refractivity contribution in [2.75, 3.05) is 6.54 Å². The van der Waals surface area contributed by atoms with Gasteiger partial charge in [-0.25, -0.2) is 4.98 Å². The first kappa shape index (κ1) is 13.4. The van der Waals surface area contributed by atoms with Crippen molar-refractivity contribution in [2.45, 2.75) is 39.1 Å². The van der Waals surface area contributed by atoms with Crippen LogP contribution in [0.2, 0.25) is 6.82 Å². The minimum atomic E-state index is 0.571. The first-order valence-corrected chi connectivity index (χ1v) is 7.40. The number of hydrogen-bond acceptors (Lipinski definition) is 3. The van der Waals surface area contributed by atoms with Crippen LogP contribution in [0.3, 0.4) is 0 Å². The molecule has 1 unspecified atom stereocenters. The van der Waals surface area contributed by atoms with E-state index >= 15 is 0 Å². The van der Waals surface area contributed by atoms with Crippen LogP contribution >= 0.6 is 0 Å². The number of benzene rings is 1. The number of hydrogen-bond donors (Lipinski definition) is 1. The Kier molecular flexibility index (Phi) is 3.87. The molecule has 1 aromatic heterocycles. The van der Waals surface area contributed by atoms with Crippen LogP contribution < -0.4 is 10.8 Å². The lowest BCUT2D eigenvalue weighted by Gasteiger charge is -2.16. The lowest BCUT2D eigenvalue weighted by molar-refractivity contribution is 0.530. The molecule has 0 amide bonds. The summed E-state index contributed by atoms with van der Waals surface area (Å²) in [7, 11) is 0. The second-order valence-electron chi connectivity index (χ2n) is 5.71. The zero-order valence-corrected chi connectivity index (χ0v) is 12.2. The van der Waals surface area contributed by atoms with Crippen molar-refractivity contribution in [1.82, 2.24) is 20.1 Å². The summed E-state index contributed by atoms with van der Waals surface area (Å²) in [6, 6.07) is 6.67. The van der Waals surface area contributed by atoms with E-state index in [-0.39, 0.29) is 0 Å². The van der Waals surface area contributed by atoms with Gasteiger partial charge in [-0.15, -0.1) is 0 Å². The summed E-state index contributed by atoms with van der Waals surface area (Å²) in [6.45, 7) is 7.13. The van der Waals surface area contributed by atoms with Crippen LogP contribution in [-0.4, -0.2) is 34.0 Å². The topological polar surface area (TPSA) is 42.7 Å². The molecule has 104 valence electrons. The average molecular weight is 268 g/mol. The van der Waals surface area contributed by atoms with Gasteiger partial charge in [-0.1, -0.05) is 41.6 Å². The summed E-state index contributed by atoms with van der Waals surface area (Å²) in [5.41, 5.74) is 4.51. The molecule has 2 heterocycles. The molecule has 0 radical (unpaired) electrons.